The second-order valence-electron chi connectivity index (χ2n) is 4.19. The number of carboxylic acid groups (broad SMARTS) is 1. The number of carbonyl (C=O) groups is 2. The summed E-state index contributed by atoms with van der Waals surface area (Å²) in [6.45, 7) is 3.36. The van der Waals surface area contributed by atoms with Crippen LogP contribution < -0.4 is 5.32 Å². The lowest BCUT2D eigenvalue weighted by Gasteiger charge is -2.17. The number of nitrogens with one attached hydrogen (secondary N) is 1. The highest BCUT2D eigenvalue weighted by atomic mass is 79.9. The first kappa shape index (κ1) is 14.6. The monoisotopic (exact) mass is 317 g/mol. The Bertz CT molecular complexity index is 456. The lowest BCUT2D eigenvalue weighted by atomic mass is 10.0. The molecule has 1 amide bonds. The van der Waals surface area contributed by atoms with Crippen molar-refractivity contribution in [1.29, 1.82) is 0 Å². The standard InChI is InChI=1S/C12H13BrFNO3/c1-6(2)10(12(17)18)15-11(16)7-3-8(13)5-9(14)4-7/h3-6,10H,1-2H3,(H,15,16)(H,17,18)/t10-/m0/s1. The van der Waals surface area contributed by atoms with E-state index in [9.17, 15) is 14.0 Å². The molecule has 0 spiro atoms. The van der Waals surface area contributed by atoms with Gasteiger partial charge >= 0.3 is 5.97 Å². The van der Waals surface area contributed by atoms with Crippen LogP contribution in [-0.4, -0.2) is 23.0 Å². The summed E-state index contributed by atoms with van der Waals surface area (Å²) in [5, 5.41) is 11.3. The van der Waals surface area contributed by atoms with Crippen molar-refractivity contribution in [2.75, 3.05) is 0 Å². The molecule has 0 saturated heterocycles. The van der Waals surface area contributed by atoms with E-state index in [1.807, 2.05) is 0 Å². The van der Waals surface area contributed by atoms with E-state index in [4.69, 9.17) is 5.11 Å². The second-order valence-corrected chi connectivity index (χ2v) is 5.11. The predicted molar refractivity (Wildman–Crippen MR) is 67.8 cm³/mol. The average Bonchev–Trinajstić information content (AvgIpc) is 2.23. The molecular formula is C12H13BrFNO3. The van der Waals surface area contributed by atoms with Crippen LogP contribution >= 0.6 is 15.9 Å². The fraction of sp³-hybridized carbons (Fsp3) is 0.333. The molecule has 0 aliphatic rings. The number of rotatable bonds is 4. The van der Waals surface area contributed by atoms with Crippen LogP contribution in [-0.2, 0) is 4.79 Å². The molecule has 2 N–H and O–H groups in total. The molecule has 0 bridgehead atoms. The number of amides is 1. The van der Waals surface area contributed by atoms with Gasteiger partial charge in [0.15, 0.2) is 0 Å². The number of halogens is 2. The van der Waals surface area contributed by atoms with Gasteiger partial charge in [0, 0.05) is 10.0 Å². The molecule has 0 fully saturated rings. The normalized spacial score (nSPS) is 12.3. The van der Waals surface area contributed by atoms with E-state index < -0.39 is 23.7 Å². The van der Waals surface area contributed by atoms with Crippen LogP contribution in [0.15, 0.2) is 22.7 Å². The van der Waals surface area contributed by atoms with Gasteiger partial charge < -0.3 is 10.4 Å². The van der Waals surface area contributed by atoms with Crippen molar-refractivity contribution in [3.63, 3.8) is 0 Å². The quantitative estimate of drug-likeness (QED) is 0.896. The fourth-order valence-electron chi connectivity index (χ4n) is 1.42. The lowest BCUT2D eigenvalue weighted by molar-refractivity contribution is -0.140. The maximum Gasteiger partial charge on any atom is 0.326 e. The summed E-state index contributed by atoms with van der Waals surface area (Å²) in [4.78, 5) is 22.8. The van der Waals surface area contributed by atoms with Crippen molar-refractivity contribution >= 4 is 27.8 Å². The molecule has 6 heteroatoms. The number of hydrogen-bond donors (Lipinski definition) is 2. The third-order valence-electron chi connectivity index (χ3n) is 2.34. The molecule has 98 valence electrons. The van der Waals surface area contributed by atoms with Crippen molar-refractivity contribution < 1.29 is 19.1 Å². The zero-order valence-electron chi connectivity index (χ0n) is 9.91. The second kappa shape index (κ2) is 5.95. The van der Waals surface area contributed by atoms with E-state index in [0.717, 1.165) is 6.07 Å². The highest BCUT2D eigenvalue weighted by Crippen LogP contribution is 2.15. The molecule has 0 unspecified atom stereocenters. The Morgan fingerprint density at radius 3 is 2.39 bits per heavy atom. The highest BCUT2D eigenvalue weighted by molar-refractivity contribution is 9.10. The number of carbonyl (C=O) groups excluding carboxylic acids is 1. The van der Waals surface area contributed by atoms with Crippen LogP contribution in [0.5, 0.6) is 0 Å². The van der Waals surface area contributed by atoms with Gasteiger partial charge in [-0.2, -0.15) is 0 Å². The fourth-order valence-corrected chi connectivity index (χ4v) is 1.89. The van der Waals surface area contributed by atoms with Gasteiger partial charge in [-0.1, -0.05) is 29.8 Å². The summed E-state index contributed by atoms with van der Waals surface area (Å²) < 4.78 is 13.5. The van der Waals surface area contributed by atoms with Crippen LogP contribution in [0.4, 0.5) is 4.39 Å². The third-order valence-corrected chi connectivity index (χ3v) is 2.80. The topological polar surface area (TPSA) is 66.4 Å². The van der Waals surface area contributed by atoms with E-state index in [0.29, 0.717) is 4.47 Å². The van der Waals surface area contributed by atoms with E-state index in [-0.39, 0.29) is 11.5 Å². The summed E-state index contributed by atoms with van der Waals surface area (Å²) in [5.41, 5.74) is 0.0776. The molecule has 0 radical (unpaired) electrons. The molecule has 0 aromatic heterocycles. The first-order valence-electron chi connectivity index (χ1n) is 5.31. The molecule has 4 nitrogen and oxygen atoms in total. The molecule has 0 aliphatic heterocycles. The zero-order chi connectivity index (χ0) is 13.9. The van der Waals surface area contributed by atoms with Gasteiger partial charge in [0.2, 0.25) is 0 Å². The summed E-state index contributed by atoms with van der Waals surface area (Å²) in [6, 6.07) is 2.70. The Kier molecular flexibility index (Phi) is 4.84. The van der Waals surface area contributed by atoms with Gasteiger partial charge in [-0.15, -0.1) is 0 Å². The number of benzene rings is 1. The molecule has 0 aliphatic carbocycles. The summed E-state index contributed by atoms with van der Waals surface area (Å²) in [7, 11) is 0. The molecule has 0 heterocycles. The van der Waals surface area contributed by atoms with Crippen LogP contribution in [0.1, 0.15) is 24.2 Å². The Balaban J connectivity index is 2.90. The van der Waals surface area contributed by atoms with E-state index in [1.165, 1.54) is 12.1 Å². The number of carboxylic acids is 1. The van der Waals surface area contributed by atoms with Gasteiger partial charge in [0.25, 0.3) is 5.91 Å². The molecule has 1 atom stereocenters. The Hall–Kier alpha value is -1.43. The molecule has 1 aromatic carbocycles. The van der Waals surface area contributed by atoms with Crippen molar-refractivity contribution in [1.82, 2.24) is 5.32 Å². The van der Waals surface area contributed by atoms with Crippen molar-refractivity contribution in [2.45, 2.75) is 19.9 Å². The Morgan fingerprint density at radius 1 is 1.33 bits per heavy atom. The van der Waals surface area contributed by atoms with Gasteiger partial charge in [-0.25, -0.2) is 9.18 Å². The van der Waals surface area contributed by atoms with Crippen molar-refractivity contribution in [3.05, 3.63) is 34.1 Å². The number of aliphatic carboxylic acids is 1. The van der Waals surface area contributed by atoms with Gasteiger partial charge in [-0.3, -0.25) is 4.79 Å². The Morgan fingerprint density at radius 2 is 1.94 bits per heavy atom. The van der Waals surface area contributed by atoms with Crippen LogP contribution in [0.2, 0.25) is 0 Å². The first-order valence-corrected chi connectivity index (χ1v) is 6.10. The molecule has 1 aromatic rings. The van der Waals surface area contributed by atoms with Gasteiger partial charge in [0.1, 0.15) is 11.9 Å². The first-order chi connectivity index (χ1) is 8.31. The maximum atomic E-state index is 13.1. The lowest BCUT2D eigenvalue weighted by Crippen LogP contribution is -2.44. The molecule has 0 saturated carbocycles. The van der Waals surface area contributed by atoms with Crippen LogP contribution in [0, 0.1) is 11.7 Å². The van der Waals surface area contributed by atoms with Crippen molar-refractivity contribution in [2.24, 2.45) is 5.92 Å². The summed E-state index contributed by atoms with van der Waals surface area (Å²) in [6.07, 6.45) is 0. The minimum Gasteiger partial charge on any atom is -0.480 e. The Labute approximate surface area is 112 Å². The minimum atomic E-state index is -1.12. The van der Waals surface area contributed by atoms with Crippen LogP contribution in [0.25, 0.3) is 0 Å². The van der Waals surface area contributed by atoms with E-state index in [2.05, 4.69) is 21.2 Å². The van der Waals surface area contributed by atoms with E-state index in [1.54, 1.807) is 13.8 Å². The molecular weight excluding hydrogens is 305 g/mol. The zero-order valence-corrected chi connectivity index (χ0v) is 11.5. The summed E-state index contributed by atoms with van der Waals surface area (Å²) >= 11 is 3.07. The third kappa shape index (κ3) is 3.80. The van der Waals surface area contributed by atoms with E-state index >= 15 is 0 Å². The highest BCUT2D eigenvalue weighted by Gasteiger charge is 2.24. The SMILES string of the molecule is CC(C)[C@H](NC(=O)c1cc(F)cc(Br)c1)C(=O)O. The summed E-state index contributed by atoms with van der Waals surface area (Å²) in [5.74, 6) is -2.56. The maximum absolute atomic E-state index is 13.1. The van der Waals surface area contributed by atoms with Gasteiger partial charge in [0.05, 0.1) is 0 Å². The largest absolute Gasteiger partial charge is 0.480 e. The van der Waals surface area contributed by atoms with Gasteiger partial charge in [-0.05, 0) is 24.1 Å². The predicted octanol–water partition coefficient (Wildman–Crippen LogP) is 2.43. The minimum absolute atomic E-state index is 0.0776. The van der Waals surface area contributed by atoms with Crippen LogP contribution in [0.3, 0.4) is 0 Å². The molecule has 1 rings (SSSR count). The number of hydrogen-bond acceptors (Lipinski definition) is 2. The van der Waals surface area contributed by atoms with Crippen molar-refractivity contribution in [3.8, 4) is 0 Å². The molecule has 18 heavy (non-hydrogen) atoms. The smallest absolute Gasteiger partial charge is 0.326 e. The average molecular weight is 318 g/mol.